The molecule has 0 radical (unpaired) electrons. The fraction of sp³-hybridized carbons (Fsp3) is 0.273. The Balaban J connectivity index is 2.00. The van der Waals surface area contributed by atoms with Gasteiger partial charge in [-0.25, -0.2) is 10.3 Å². The molecule has 0 saturated heterocycles. The first-order valence-corrected chi connectivity index (χ1v) is 9.59. The Labute approximate surface area is 175 Å². The number of anilines is 1. The van der Waals surface area contributed by atoms with E-state index < -0.39 is 18.1 Å². The highest BCUT2D eigenvalue weighted by atomic mass is 16.6. The van der Waals surface area contributed by atoms with Crippen molar-refractivity contribution in [2.45, 2.75) is 25.4 Å². The number of carbonyl (C=O) groups excluding carboxylic acids is 2. The molecule has 30 heavy (non-hydrogen) atoms. The zero-order valence-corrected chi connectivity index (χ0v) is 16.5. The molecule has 0 aliphatic rings. The smallest absolute Gasteiger partial charge is 0.412 e. The number of benzene rings is 2. The first kappa shape index (κ1) is 22.9. The largest absolute Gasteiger partial charge is 0.491 e. The highest BCUT2D eigenvalue weighted by Crippen LogP contribution is 2.26. The summed E-state index contributed by atoms with van der Waals surface area (Å²) >= 11 is 0. The van der Waals surface area contributed by atoms with Crippen molar-refractivity contribution in [2.75, 3.05) is 18.5 Å². The maximum Gasteiger partial charge on any atom is 0.412 e. The lowest BCUT2D eigenvalue weighted by molar-refractivity contribution is -0.124. The fourth-order valence-electron chi connectivity index (χ4n) is 2.68. The number of aliphatic hydroxyl groups is 1. The molecular weight excluding hydrogens is 388 g/mol. The molecule has 8 heteroatoms. The quantitative estimate of drug-likeness (QED) is 0.193. The van der Waals surface area contributed by atoms with E-state index >= 15 is 0 Å². The van der Waals surface area contributed by atoms with Gasteiger partial charge in [0.05, 0.1) is 6.61 Å². The summed E-state index contributed by atoms with van der Waals surface area (Å²) in [5.74, 6) is 0.0155. The van der Waals surface area contributed by atoms with Crippen molar-refractivity contribution in [3.63, 3.8) is 0 Å². The van der Waals surface area contributed by atoms with E-state index in [4.69, 9.17) is 19.8 Å². The van der Waals surface area contributed by atoms with Crippen LogP contribution in [0.1, 0.15) is 30.9 Å². The summed E-state index contributed by atoms with van der Waals surface area (Å²) in [6.45, 7) is 0.126. The van der Waals surface area contributed by atoms with E-state index in [1.54, 1.807) is 30.3 Å². The Hall–Kier alpha value is -3.36. The monoisotopic (exact) mass is 414 g/mol. The number of rotatable bonds is 11. The highest BCUT2D eigenvalue weighted by Gasteiger charge is 2.17. The summed E-state index contributed by atoms with van der Waals surface area (Å²) in [5.41, 5.74) is 2.96. The number of unbranched alkanes of at least 4 members (excludes halogenated alkanes) is 1. The van der Waals surface area contributed by atoms with Crippen molar-refractivity contribution >= 4 is 17.7 Å². The molecule has 4 N–H and O–H groups in total. The molecule has 0 heterocycles. The van der Waals surface area contributed by atoms with Crippen LogP contribution in [0.3, 0.4) is 0 Å². The van der Waals surface area contributed by atoms with Crippen LogP contribution >= 0.6 is 0 Å². The average Bonchev–Trinajstić information content (AvgIpc) is 2.77. The van der Waals surface area contributed by atoms with E-state index in [2.05, 4.69) is 5.32 Å². The van der Waals surface area contributed by atoms with Gasteiger partial charge in [-0.1, -0.05) is 36.4 Å². The van der Waals surface area contributed by atoms with Crippen LogP contribution < -0.4 is 15.5 Å². The van der Waals surface area contributed by atoms with Crippen molar-refractivity contribution in [3.8, 4) is 5.75 Å². The summed E-state index contributed by atoms with van der Waals surface area (Å²) in [5, 5.41) is 20.0. The topological polar surface area (TPSA) is 117 Å². The lowest BCUT2D eigenvalue weighted by Crippen LogP contribution is -2.17. The van der Waals surface area contributed by atoms with Crippen molar-refractivity contribution in [3.05, 3.63) is 72.3 Å². The number of hydroxylamine groups is 1. The van der Waals surface area contributed by atoms with Crippen molar-refractivity contribution < 1.29 is 29.4 Å². The third kappa shape index (κ3) is 8.34. The minimum atomic E-state index is -0.594. The van der Waals surface area contributed by atoms with Gasteiger partial charge in [-0.3, -0.25) is 15.3 Å². The number of ether oxygens (including phenoxy) is 2. The molecule has 2 aromatic carbocycles. The maximum atomic E-state index is 12.3. The molecule has 2 amide bonds. The van der Waals surface area contributed by atoms with E-state index in [1.807, 2.05) is 30.3 Å². The first-order valence-electron chi connectivity index (χ1n) is 9.59. The number of carbonyl (C=O) groups is 2. The van der Waals surface area contributed by atoms with Crippen molar-refractivity contribution in [1.29, 1.82) is 0 Å². The first-order chi connectivity index (χ1) is 14.6. The molecule has 0 aliphatic carbocycles. The SMILES string of the molecule is O=C(/C=C/CCC[C@H](OC(=O)Nc1ccccc1)c1ccc(OCCO)cc1)NO. The van der Waals surface area contributed by atoms with Gasteiger partial charge in [0, 0.05) is 11.8 Å². The molecule has 2 rings (SSSR count). The number of hydrogen-bond donors (Lipinski definition) is 4. The molecular formula is C22H26N2O6. The van der Waals surface area contributed by atoms with Gasteiger partial charge in [0.2, 0.25) is 0 Å². The lowest BCUT2D eigenvalue weighted by atomic mass is 10.0. The normalized spacial score (nSPS) is 11.7. The zero-order chi connectivity index (χ0) is 21.6. The molecule has 160 valence electrons. The van der Waals surface area contributed by atoms with E-state index in [9.17, 15) is 9.59 Å². The van der Waals surface area contributed by atoms with Crippen LogP contribution in [0.4, 0.5) is 10.5 Å². The Kier molecular flexibility index (Phi) is 9.91. The maximum absolute atomic E-state index is 12.3. The van der Waals surface area contributed by atoms with E-state index in [1.165, 1.54) is 11.6 Å². The number of amides is 2. The highest BCUT2D eigenvalue weighted by molar-refractivity contribution is 5.86. The Morgan fingerprint density at radius 1 is 1.07 bits per heavy atom. The molecule has 0 aromatic heterocycles. The van der Waals surface area contributed by atoms with Crippen LogP contribution in [0.2, 0.25) is 0 Å². The van der Waals surface area contributed by atoms with E-state index in [-0.39, 0.29) is 13.2 Å². The van der Waals surface area contributed by atoms with Crippen LogP contribution in [-0.4, -0.2) is 35.5 Å². The van der Waals surface area contributed by atoms with Crippen molar-refractivity contribution in [2.24, 2.45) is 0 Å². The predicted molar refractivity (Wildman–Crippen MR) is 111 cm³/mol. The Bertz CT molecular complexity index is 808. The summed E-state index contributed by atoms with van der Waals surface area (Å²) in [6.07, 6.45) is 3.57. The summed E-state index contributed by atoms with van der Waals surface area (Å²) in [6, 6.07) is 16.1. The second kappa shape index (κ2) is 13.0. The van der Waals surface area contributed by atoms with Gasteiger partial charge in [-0.2, -0.15) is 0 Å². The van der Waals surface area contributed by atoms with Crippen LogP contribution in [-0.2, 0) is 9.53 Å². The van der Waals surface area contributed by atoms with Gasteiger partial charge < -0.3 is 14.6 Å². The zero-order valence-electron chi connectivity index (χ0n) is 16.5. The van der Waals surface area contributed by atoms with Gasteiger partial charge >= 0.3 is 6.09 Å². The van der Waals surface area contributed by atoms with Crippen LogP contribution in [0, 0.1) is 0 Å². The molecule has 2 aromatic rings. The third-order valence-electron chi connectivity index (χ3n) is 4.10. The van der Waals surface area contributed by atoms with Crippen LogP contribution in [0.25, 0.3) is 0 Å². The van der Waals surface area contributed by atoms with Gasteiger partial charge in [-0.05, 0) is 49.1 Å². The van der Waals surface area contributed by atoms with Crippen molar-refractivity contribution in [1.82, 2.24) is 5.48 Å². The molecule has 1 atom stereocenters. The predicted octanol–water partition coefficient (Wildman–Crippen LogP) is 3.58. The molecule has 0 spiro atoms. The summed E-state index contributed by atoms with van der Waals surface area (Å²) < 4.78 is 11.0. The van der Waals surface area contributed by atoms with Gasteiger partial charge in [0.25, 0.3) is 5.91 Å². The van der Waals surface area contributed by atoms with Crippen LogP contribution in [0.15, 0.2) is 66.7 Å². The minimum Gasteiger partial charge on any atom is -0.491 e. The number of hydrogen-bond acceptors (Lipinski definition) is 6. The van der Waals surface area contributed by atoms with Crippen LogP contribution in [0.5, 0.6) is 5.75 Å². The lowest BCUT2D eigenvalue weighted by Gasteiger charge is -2.19. The molecule has 0 unspecified atom stereocenters. The molecule has 0 bridgehead atoms. The Morgan fingerprint density at radius 3 is 2.47 bits per heavy atom. The number of para-hydroxylation sites is 1. The van der Waals surface area contributed by atoms with E-state index in [0.717, 1.165) is 5.56 Å². The second-order valence-electron chi connectivity index (χ2n) is 6.34. The number of allylic oxidation sites excluding steroid dienone is 1. The molecule has 0 saturated carbocycles. The average molecular weight is 414 g/mol. The molecule has 0 fully saturated rings. The standard InChI is InChI=1S/C22H26N2O6/c25-15-16-29-19-13-11-17(12-14-19)20(9-5-2-6-10-21(26)24-28)30-22(27)23-18-7-3-1-4-8-18/h1,3-4,6-8,10-14,20,25,28H,2,5,9,15-16H2,(H,23,27)(H,24,26)/b10-6+/t20-/m0/s1. The van der Waals surface area contributed by atoms with Gasteiger partial charge in [-0.15, -0.1) is 0 Å². The molecule has 8 nitrogen and oxygen atoms in total. The second-order valence-corrected chi connectivity index (χ2v) is 6.34. The third-order valence-corrected chi connectivity index (χ3v) is 4.10. The van der Waals surface area contributed by atoms with Gasteiger partial charge in [0.1, 0.15) is 18.5 Å². The Morgan fingerprint density at radius 2 is 1.80 bits per heavy atom. The minimum absolute atomic E-state index is 0.0744. The number of aliphatic hydroxyl groups excluding tert-OH is 1. The fourth-order valence-corrected chi connectivity index (χ4v) is 2.68. The number of nitrogens with one attached hydrogen (secondary N) is 2. The summed E-state index contributed by atoms with van der Waals surface area (Å²) in [7, 11) is 0. The van der Waals surface area contributed by atoms with E-state index in [0.29, 0.717) is 30.7 Å². The van der Waals surface area contributed by atoms with Gasteiger partial charge in [0.15, 0.2) is 0 Å². The molecule has 0 aliphatic heterocycles. The summed E-state index contributed by atoms with van der Waals surface area (Å²) in [4.78, 5) is 23.3.